The lowest BCUT2D eigenvalue weighted by Gasteiger charge is -2.54. The number of amides is 1. The molecule has 1 aliphatic heterocycles. The molecule has 6 heteroatoms. The van der Waals surface area contributed by atoms with E-state index in [2.05, 4.69) is 20.8 Å². The van der Waals surface area contributed by atoms with Gasteiger partial charge >= 0.3 is 6.09 Å². The summed E-state index contributed by atoms with van der Waals surface area (Å²) in [6.45, 7) is 11.1. The number of ether oxygens (including phenoxy) is 1. The lowest BCUT2D eigenvalue weighted by molar-refractivity contribution is -0.0807. The maximum atomic E-state index is 12.9. The zero-order chi connectivity index (χ0) is 18.9. The number of carbonyl (C=O) groups excluding carboxylic acids is 1. The highest BCUT2D eigenvalue weighted by Gasteiger charge is 2.65. The van der Waals surface area contributed by atoms with Gasteiger partial charge in [0.15, 0.2) is 0 Å². The number of benzene rings is 1. The van der Waals surface area contributed by atoms with Crippen LogP contribution in [0, 0.1) is 10.8 Å². The summed E-state index contributed by atoms with van der Waals surface area (Å²) in [5.41, 5.74) is -0.504. The summed E-state index contributed by atoms with van der Waals surface area (Å²) in [4.78, 5) is 14.6. The van der Waals surface area contributed by atoms with Crippen molar-refractivity contribution < 1.29 is 19.1 Å². The van der Waals surface area contributed by atoms with Crippen LogP contribution >= 0.6 is 0 Å². The van der Waals surface area contributed by atoms with Gasteiger partial charge in [-0.15, -0.1) is 0 Å². The molecule has 0 bridgehead atoms. The zero-order valence-electron chi connectivity index (χ0n) is 16.2. The third kappa shape index (κ3) is 3.35. The lowest BCUT2D eigenvalue weighted by Crippen LogP contribution is -2.65. The third-order valence-electron chi connectivity index (χ3n) is 5.73. The second-order valence-electron chi connectivity index (χ2n) is 8.43. The van der Waals surface area contributed by atoms with Crippen molar-refractivity contribution in [3.63, 3.8) is 0 Å². The van der Waals surface area contributed by atoms with Gasteiger partial charge in [-0.3, -0.25) is 4.90 Å². The molecule has 140 valence electrons. The molecule has 5 nitrogen and oxygen atoms in total. The van der Waals surface area contributed by atoms with E-state index in [-0.39, 0.29) is 18.6 Å². The Morgan fingerprint density at radius 2 is 1.92 bits per heavy atom. The quantitative estimate of drug-likeness (QED) is 0.830. The maximum absolute atomic E-state index is 12.9. The number of rotatable bonds is 4. The largest absolute Gasteiger partial charge is 0.445 e. The van der Waals surface area contributed by atoms with Crippen LogP contribution in [0.2, 0.25) is 0 Å². The van der Waals surface area contributed by atoms with Crippen molar-refractivity contribution >= 4 is 16.6 Å². The van der Waals surface area contributed by atoms with Crippen LogP contribution in [0.1, 0.15) is 40.2 Å². The molecule has 0 aliphatic carbocycles. The fourth-order valence-electron chi connectivity index (χ4n) is 4.27. The van der Waals surface area contributed by atoms with Crippen LogP contribution in [0.25, 0.3) is 0 Å². The van der Waals surface area contributed by atoms with Crippen LogP contribution in [-0.4, -0.2) is 51.4 Å². The van der Waals surface area contributed by atoms with Crippen molar-refractivity contribution in [1.82, 2.24) is 4.90 Å². The van der Waals surface area contributed by atoms with E-state index in [1.807, 2.05) is 44.2 Å². The van der Waals surface area contributed by atoms with Gasteiger partial charge < -0.3 is 14.3 Å². The Hall–Kier alpha value is -1.37. The first kappa shape index (κ1) is 19.9. The molecule has 0 radical (unpaired) electrons. The Morgan fingerprint density at radius 3 is 2.44 bits per heavy atom. The van der Waals surface area contributed by atoms with E-state index in [1.165, 1.54) is 0 Å². The predicted molar refractivity (Wildman–Crippen MR) is 101 cm³/mol. The maximum Gasteiger partial charge on any atom is 0.410 e. The molecule has 2 rings (SSSR count). The highest BCUT2D eigenvalue weighted by molar-refractivity contribution is 5.98. The van der Waals surface area contributed by atoms with Gasteiger partial charge in [-0.1, -0.05) is 65.0 Å². The van der Waals surface area contributed by atoms with Gasteiger partial charge in [0.1, 0.15) is 17.1 Å². The van der Waals surface area contributed by atoms with E-state index in [1.54, 1.807) is 4.90 Å². The van der Waals surface area contributed by atoms with Crippen molar-refractivity contribution in [1.29, 1.82) is 0 Å². The zero-order valence-corrected chi connectivity index (χ0v) is 18.2. The van der Waals surface area contributed by atoms with Crippen molar-refractivity contribution in [3.8, 4) is 0 Å². The van der Waals surface area contributed by atoms with Crippen LogP contribution in [0.4, 0.5) is 4.79 Å². The second-order valence-corrected chi connectivity index (χ2v) is 9.01. The van der Waals surface area contributed by atoms with Gasteiger partial charge in [0.05, 0.1) is 24.8 Å². The lowest BCUT2D eigenvalue weighted by atomic mass is 9.59. The summed E-state index contributed by atoms with van der Waals surface area (Å²) in [5.74, 6) is 0. The van der Waals surface area contributed by atoms with Crippen molar-refractivity contribution in [2.45, 2.75) is 52.9 Å². The minimum atomic E-state index is -0.644. The molecular weight excluding hydrogens is 334 g/mol. The number of aliphatic hydroxyl groups is 1. The number of likely N-dealkylation sites (tertiary alicyclic amines) is 1. The number of nitrogens with zero attached hydrogens (tertiary/aromatic N) is 1. The van der Waals surface area contributed by atoms with Crippen LogP contribution in [0.3, 0.4) is 0 Å². The van der Waals surface area contributed by atoms with E-state index in [4.69, 9.17) is 9.16 Å². The normalized spacial score (nSPS) is 26.0. The fourth-order valence-corrected chi connectivity index (χ4v) is 4.69. The van der Waals surface area contributed by atoms with E-state index in [0.717, 1.165) is 5.56 Å². The van der Waals surface area contributed by atoms with Gasteiger partial charge in [-0.2, -0.15) is 0 Å². The smallest absolute Gasteiger partial charge is 0.410 e. The summed E-state index contributed by atoms with van der Waals surface area (Å²) >= 11 is 0. The first-order valence-corrected chi connectivity index (χ1v) is 9.55. The molecule has 1 saturated heterocycles. The van der Waals surface area contributed by atoms with Gasteiger partial charge in [-0.25, -0.2) is 4.79 Å². The number of aliphatic hydroxyl groups excluding tert-OH is 1. The summed E-state index contributed by atoms with van der Waals surface area (Å²) in [5, 5.41) is 10.7. The molecule has 1 aromatic carbocycles. The molecule has 1 amide bonds. The van der Waals surface area contributed by atoms with Crippen LogP contribution in [-0.2, 0) is 15.8 Å². The molecule has 1 aliphatic rings. The van der Waals surface area contributed by atoms with E-state index < -0.39 is 23.2 Å². The highest BCUT2D eigenvalue weighted by Crippen LogP contribution is 2.54. The van der Waals surface area contributed by atoms with Crippen LogP contribution in [0.5, 0.6) is 0 Å². The first-order valence-electron chi connectivity index (χ1n) is 8.73. The van der Waals surface area contributed by atoms with Gasteiger partial charge in [0.25, 0.3) is 0 Å². The second kappa shape index (κ2) is 7.09. The number of β-amino-alcohol motifs (C(OH)–C–C–N with tert-alkyl or cyclic N) is 1. The number of carbonyl (C=O) groups is 1. The first-order chi connectivity index (χ1) is 11.6. The van der Waals surface area contributed by atoms with E-state index >= 15 is 0 Å². The van der Waals surface area contributed by atoms with Crippen molar-refractivity contribution in [2.24, 2.45) is 10.8 Å². The van der Waals surface area contributed by atoms with Crippen molar-refractivity contribution in [3.05, 3.63) is 35.9 Å². The number of hydrogen-bond donors (Lipinski definition) is 1. The fraction of sp³-hybridized carbons (Fsp3) is 0.632. The SMILES string of the molecule is CC(C)(C)[C@]1(CO[SiH3])N(C(=O)OCc2ccccc2)C[C@H](O)C1(C)C. The minimum absolute atomic E-state index is 0.217. The standard InChI is InChI=1S/C19H31NO4Si/c1-17(2,3)19(13-24-25)18(4,5)15(21)11-20(19)16(22)23-12-14-9-7-6-8-10-14/h6-10,15,21H,11-13H2,1-5,25H3/t15-,19-/m0/s1. The molecule has 1 aromatic rings. The minimum Gasteiger partial charge on any atom is -0.445 e. The highest BCUT2D eigenvalue weighted by atomic mass is 28.2. The van der Waals surface area contributed by atoms with Crippen LogP contribution in [0.15, 0.2) is 30.3 Å². The molecule has 1 fully saturated rings. The van der Waals surface area contributed by atoms with Crippen molar-refractivity contribution in [2.75, 3.05) is 13.2 Å². The molecule has 1 heterocycles. The van der Waals surface area contributed by atoms with E-state index in [0.29, 0.717) is 17.1 Å². The molecule has 25 heavy (non-hydrogen) atoms. The van der Waals surface area contributed by atoms with Gasteiger partial charge in [0, 0.05) is 5.41 Å². The number of hydrogen-bond acceptors (Lipinski definition) is 4. The Balaban J connectivity index is 2.31. The molecular formula is C19H31NO4Si. The Morgan fingerprint density at radius 1 is 1.32 bits per heavy atom. The molecule has 0 unspecified atom stereocenters. The Bertz CT molecular complexity index is 599. The topological polar surface area (TPSA) is 59.0 Å². The van der Waals surface area contributed by atoms with Gasteiger partial charge in [0.2, 0.25) is 0 Å². The average Bonchev–Trinajstić information content (AvgIpc) is 2.75. The Labute approximate surface area is 153 Å². The molecule has 0 spiro atoms. The summed E-state index contributed by atoms with van der Waals surface area (Å²) in [7, 11) is 0.572. The van der Waals surface area contributed by atoms with Gasteiger partial charge in [-0.05, 0) is 11.0 Å². The molecule has 0 saturated carbocycles. The average molecular weight is 366 g/mol. The monoisotopic (exact) mass is 365 g/mol. The third-order valence-corrected chi connectivity index (χ3v) is 6.02. The molecule has 1 N–H and O–H groups in total. The Kier molecular flexibility index (Phi) is 5.66. The molecule has 0 aromatic heterocycles. The summed E-state index contributed by atoms with van der Waals surface area (Å²) in [6.07, 6.45) is -1.03. The van der Waals surface area contributed by atoms with E-state index in [9.17, 15) is 9.90 Å². The molecule has 2 atom stereocenters. The predicted octanol–water partition coefficient (Wildman–Crippen LogP) is 2.11. The summed E-state index contributed by atoms with van der Waals surface area (Å²) in [6, 6.07) is 9.61. The summed E-state index contributed by atoms with van der Waals surface area (Å²) < 4.78 is 11.2. The van der Waals surface area contributed by atoms with Crippen LogP contribution < -0.4 is 0 Å².